The monoisotopic (exact) mass is 221 g/mol. The van der Waals surface area contributed by atoms with E-state index in [9.17, 15) is 5.02 Å². The Bertz CT molecular complexity index is 353. The lowest BCUT2D eigenvalue weighted by atomic mass is 9.76. The van der Waals surface area contributed by atoms with Crippen molar-refractivity contribution in [3.63, 3.8) is 0 Å². The first-order valence-electron chi connectivity index (χ1n) is 5.55. The van der Waals surface area contributed by atoms with E-state index in [1.165, 1.54) is 0 Å². The lowest BCUT2D eigenvalue weighted by molar-refractivity contribution is 0.0424. The number of rotatable bonds is 4. The number of nitrogen functional groups attached to an aromatic ring is 1. The zero-order valence-corrected chi connectivity index (χ0v) is 10.4. The van der Waals surface area contributed by atoms with Gasteiger partial charge < -0.3 is 15.4 Å². The van der Waals surface area contributed by atoms with Crippen molar-refractivity contribution in [1.82, 2.24) is 0 Å². The third-order valence-electron chi connectivity index (χ3n) is 3.07. The summed E-state index contributed by atoms with van der Waals surface area (Å²) in [7, 11) is -0.974. The second-order valence-corrected chi connectivity index (χ2v) is 4.86. The highest BCUT2D eigenvalue weighted by Crippen LogP contribution is 2.21. The zero-order valence-electron chi connectivity index (χ0n) is 10.4. The highest BCUT2D eigenvalue weighted by Gasteiger charge is 2.30. The molecular formula is C12H20BNO2. The quantitative estimate of drug-likeness (QED) is 0.597. The summed E-state index contributed by atoms with van der Waals surface area (Å²) < 4.78 is 5.64. The van der Waals surface area contributed by atoms with E-state index in [0.717, 1.165) is 0 Å². The first-order chi connectivity index (χ1) is 7.34. The number of para-hydroxylation sites is 1. The Labute approximate surface area is 97.8 Å². The molecule has 0 aliphatic carbocycles. The predicted octanol–water partition coefficient (Wildman–Crippen LogP) is 1.41. The average molecular weight is 221 g/mol. The first kappa shape index (κ1) is 13.1. The van der Waals surface area contributed by atoms with Crippen LogP contribution in [0.3, 0.4) is 0 Å². The molecule has 3 N–H and O–H groups in total. The molecular weight excluding hydrogens is 201 g/mol. The molecule has 0 aliphatic rings. The Morgan fingerprint density at radius 1 is 1.31 bits per heavy atom. The summed E-state index contributed by atoms with van der Waals surface area (Å²) in [5, 5.41) is 9.98. The largest absolute Gasteiger partial charge is 0.493 e. The molecule has 0 fully saturated rings. The van der Waals surface area contributed by atoms with Gasteiger partial charge in [-0.3, -0.25) is 0 Å². The standard InChI is InChI=1S/C12H20BNO2/c1-9(2)12(3,4)16-13(15)10-7-5-6-8-11(10)14/h5-9,15H,14H2,1-4H3. The Hall–Kier alpha value is -0.995. The third-order valence-corrected chi connectivity index (χ3v) is 3.07. The van der Waals surface area contributed by atoms with Gasteiger partial charge in [-0.25, -0.2) is 0 Å². The maximum Gasteiger partial charge on any atom is 0.493 e. The minimum atomic E-state index is -0.974. The van der Waals surface area contributed by atoms with Crippen LogP contribution in [0.4, 0.5) is 5.69 Å². The van der Waals surface area contributed by atoms with E-state index in [1.807, 2.05) is 26.0 Å². The molecule has 0 aromatic heterocycles. The lowest BCUT2D eigenvalue weighted by Gasteiger charge is -2.31. The minimum Gasteiger partial charge on any atom is -0.423 e. The summed E-state index contributed by atoms with van der Waals surface area (Å²) in [4.78, 5) is 0. The molecule has 0 bridgehead atoms. The normalized spacial score (nSPS) is 11.9. The predicted molar refractivity (Wildman–Crippen MR) is 68.5 cm³/mol. The van der Waals surface area contributed by atoms with Crippen LogP contribution in [0.15, 0.2) is 24.3 Å². The maximum absolute atomic E-state index is 9.98. The van der Waals surface area contributed by atoms with Crippen molar-refractivity contribution < 1.29 is 9.68 Å². The molecule has 0 saturated heterocycles. The van der Waals surface area contributed by atoms with E-state index < -0.39 is 7.12 Å². The number of benzene rings is 1. The van der Waals surface area contributed by atoms with Crippen molar-refractivity contribution in [3.05, 3.63) is 24.3 Å². The van der Waals surface area contributed by atoms with Gasteiger partial charge >= 0.3 is 7.12 Å². The van der Waals surface area contributed by atoms with Crippen molar-refractivity contribution in [1.29, 1.82) is 0 Å². The fourth-order valence-electron chi connectivity index (χ4n) is 1.22. The molecule has 3 nitrogen and oxygen atoms in total. The van der Waals surface area contributed by atoms with Gasteiger partial charge in [-0.1, -0.05) is 32.0 Å². The topological polar surface area (TPSA) is 55.5 Å². The second kappa shape index (κ2) is 4.89. The van der Waals surface area contributed by atoms with Crippen LogP contribution in [0.25, 0.3) is 0 Å². The van der Waals surface area contributed by atoms with Crippen molar-refractivity contribution in [3.8, 4) is 0 Å². The van der Waals surface area contributed by atoms with E-state index >= 15 is 0 Å². The van der Waals surface area contributed by atoms with Crippen molar-refractivity contribution in [2.75, 3.05) is 5.73 Å². The van der Waals surface area contributed by atoms with Crippen molar-refractivity contribution >= 4 is 18.3 Å². The molecule has 0 atom stereocenters. The minimum absolute atomic E-state index is 0.312. The highest BCUT2D eigenvalue weighted by atomic mass is 16.5. The van der Waals surface area contributed by atoms with Gasteiger partial charge in [0, 0.05) is 11.2 Å². The summed E-state index contributed by atoms with van der Waals surface area (Å²) in [6, 6.07) is 7.19. The van der Waals surface area contributed by atoms with Gasteiger partial charge in [0.05, 0.1) is 5.60 Å². The number of hydrogen-bond donors (Lipinski definition) is 2. The Balaban J connectivity index is 2.81. The highest BCUT2D eigenvalue weighted by molar-refractivity contribution is 6.61. The molecule has 0 aliphatic heterocycles. The SMILES string of the molecule is CC(C)C(C)(C)OB(O)c1ccccc1N. The third kappa shape index (κ3) is 3.00. The van der Waals surface area contributed by atoms with Gasteiger partial charge in [0.25, 0.3) is 0 Å². The molecule has 0 saturated carbocycles. The van der Waals surface area contributed by atoms with Crippen LogP contribution in [-0.4, -0.2) is 17.7 Å². The van der Waals surface area contributed by atoms with E-state index in [-0.39, 0.29) is 5.60 Å². The number of anilines is 1. The summed E-state index contributed by atoms with van der Waals surface area (Å²) in [6.45, 7) is 8.03. The van der Waals surface area contributed by atoms with Gasteiger partial charge in [0.1, 0.15) is 0 Å². The van der Waals surface area contributed by atoms with Crippen molar-refractivity contribution in [2.24, 2.45) is 5.92 Å². The van der Waals surface area contributed by atoms with Crippen LogP contribution in [0.5, 0.6) is 0 Å². The fraction of sp³-hybridized carbons (Fsp3) is 0.500. The van der Waals surface area contributed by atoms with Crippen LogP contribution in [0.1, 0.15) is 27.7 Å². The van der Waals surface area contributed by atoms with Crippen LogP contribution in [-0.2, 0) is 4.65 Å². The Morgan fingerprint density at radius 3 is 2.38 bits per heavy atom. The molecule has 4 heteroatoms. The number of hydrogen-bond acceptors (Lipinski definition) is 3. The van der Waals surface area contributed by atoms with Gasteiger partial charge in [-0.2, -0.15) is 0 Å². The lowest BCUT2D eigenvalue weighted by Crippen LogP contribution is -2.45. The van der Waals surface area contributed by atoms with Gasteiger partial charge in [0.2, 0.25) is 0 Å². The van der Waals surface area contributed by atoms with Gasteiger partial charge in [-0.15, -0.1) is 0 Å². The molecule has 0 heterocycles. The van der Waals surface area contributed by atoms with Crippen LogP contribution >= 0.6 is 0 Å². The summed E-state index contributed by atoms with van der Waals surface area (Å²) in [5.74, 6) is 0.312. The fourth-order valence-corrected chi connectivity index (χ4v) is 1.22. The molecule has 0 unspecified atom stereocenters. The van der Waals surface area contributed by atoms with E-state index in [0.29, 0.717) is 17.1 Å². The van der Waals surface area contributed by atoms with E-state index in [4.69, 9.17) is 10.4 Å². The molecule has 0 radical (unpaired) electrons. The van der Waals surface area contributed by atoms with E-state index in [1.54, 1.807) is 12.1 Å². The second-order valence-electron chi connectivity index (χ2n) is 4.86. The summed E-state index contributed by atoms with van der Waals surface area (Å²) in [6.07, 6.45) is 0. The first-order valence-corrected chi connectivity index (χ1v) is 5.55. The average Bonchev–Trinajstić information content (AvgIpc) is 2.17. The Kier molecular flexibility index (Phi) is 4.00. The molecule has 1 aromatic rings. The smallest absolute Gasteiger partial charge is 0.423 e. The maximum atomic E-state index is 9.98. The molecule has 0 amide bonds. The Morgan fingerprint density at radius 2 is 1.88 bits per heavy atom. The molecule has 1 aromatic carbocycles. The zero-order chi connectivity index (χ0) is 12.3. The van der Waals surface area contributed by atoms with Crippen LogP contribution < -0.4 is 11.2 Å². The van der Waals surface area contributed by atoms with Gasteiger partial charge in [0.15, 0.2) is 0 Å². The van der Waals surface area contributed by atoms with E-state index in [2.05, 4.69) is 13.8 Å². The summed E-state index contributed by atoms with van der Waals surface area (Å²) in [5.41, 5.74) is 6.56. The number of nitrogens with two attached hydrogens (primary N) is 1. The summed E-state index contributed by atoms with van der Waals surface area (Å²) >= 11 is 0. The molecule has 88 valence electrons. The molecule has 1 rings (SSSR count). The van der Waals surface area contributed by atoms with Crippen LogP contribution in [0.2, 0.25) is 0 Å². The van der Waals surface area contributed by atoms with Crippen molar-refractivity contribution in [2.45, 2.75) is 33.3 Å². The molecule has 0 spiro atoms. The van der Waals surface area contributed by atoms with Crippen LogP contribution in [0, 0.1) is 5.92 Å². The molecule has 16 heavy (non-hydrogen) atoms. The van der Waals surface area contributed by atoms with Gasteiger partial charge in [-0.05, 0) is 25.8 Å².